The Morgan fingerprint density at radius 2 is 1.97 bits per heavy atom. The van der Waals surface area contributed by atoms with Gasteiger partial charge in [-0.3, -0.25) is 14.6 Å². The number of thiazole rings is 1. The molecule has 3 aromatic rings. The number of morpholine rings is 1. The third-order valence-electron chi connectivity index (χ3n) is 4.88. The average Bonchev–Trinajstić information content (AvgIpc) is 3.14. The van der Waals surface area contributed by atoms with Gasteiger partial charge in [-0.25, -0.2) is 4.98 Å². The molecule has 2 aromatic carbocycles. The van der Waals surface area contributed by atoms with Crippen LogP contribution in [-0.4, -0.2) is 55.2 Å². The molecule has 1 saturated heterocycles. The second-order valence-corrected chi connectivity index (χ2v) is 8.71. The molecule has 29 heavy (non-hydrogen) atoms. The predicted octanol–water partition coefficient (Wildman–Crippen LogP) is 4.97. The number of fused-ring (bicyclic) bond motifs is 1. The Labute approximate surface area is 183 Å². The zero-order valence-electron chi connectivity index (χ0n) is 15.8. The molecule has 4 rings (SSSR count). The first-order valence-corrected chi connectivity index (χ1v) is 11.1. The van der Waals surface area contributed by atoms with Crippen LogP contribution in [0.4, 0.5) is 5.13 Å². The zero-order valence-corrected chi connectivity index (χ0v) is 18.1. The lowest BCUT2D eigenvalue weighted by Gasteiger charge is -2.27. The van der Waals surface area contributed by atoms with E-state index in [1.54, 1.807) is 17.0 Å². The number of aromatic nitrogens is 1. The summed E-state index contributed by atoms with van der Waals surface area (Å²) in [6, 6.07) is 12.7. The van der Waals surface area contributed by atoms with E-state index >= 15 is 0 Å². The maximum absolute atomic E-state index is 13.3. The van der Waals surface area contributed by atoms with Gasteiger partial charge in [-0.05, 0) is 36.8 Å². The number of hydrogen-bond donors (Lipinski definition) is 0. The minimum atomic E-state index is -0.136. The molecule has 0 unspecified atom stereocenters. The van der Waals surface area contributed by atoms with Crippen molar-refractivity contribution in [2.24, 2.45) is 0 Å². The van der Waals surface area contributed by atoms with Crippen LogP contribution in [-0.2, 0) is 4.74 Å². The van der Waals surface area contributed by atoms with Crippen molar-refractivity contribution in [1.29, 1.82) is 0 Å². The topological polar surface area (TPSA) is 45.7 Å². The number of halogens is 2. The van der Waals surface area contributed by atoms with Crippen LogP contribution in [0.15, 0.2) is 42.5 Å². The molecule has 1 aromatic heterocycles. The summed E-state index contributed by atoms with van der Waals surface area (Å²) in [6.45, 7) is 4.86. The molecule has 0 atom stereocenters. The number of hydrogen-bond acceptors (Lipinski definition) is 5. The van der Waals surface area contributed by atoms with E-state index < -0.39 is 0 Å². The molecular weight excluding hydrogens is 429 g/mol. The molecule has 0 saturated carbocycles. The maximum Gasteiger partial charge on any atom is 0.261 e. The fraction of sp³-hybridized carbons (Fsp3) is 0.333. The van der Waals surface area contributed by atoms with Gasteiger partial charge in [-0.2, -0.15) is 0 Å². The summed E-state index contributed by atoms with van der Waals surface area (Å²) in [7, 11) is 0. The molecule has 1 aliphatic heterocycles. The van der Waals surface area contributed by atoms with Crippen LogP contribution in [0.1, 0.15) is 16.8 Å². The fourth-order valence-electron chi connectivity index (χ4n) is 3.34. The van der Waals surface area contributed by atoms with Crippen molar-refractivity contribution in [3.8, 4) is 0 Å². The highest BCUT2D eigenvalue weighted by Gasteiger charge is 2.23. The van der Waals surface area contributed by atoms with Crippen LogP contribution in [0.25, 0.3) is 10.2 Å². The quantitative estimate of drug-likeness (QED) is 0.532. The van der Waals surface area contributed by atoms with E-state index in [1.165, 1.54) is 11.3 Å². The van der Waals surface area contributed by atoms with Gasteiger partial charge in [0.15, 0.2) is 5.13 Å². The Bertz CT molecular complexity index is 1000. The SMILES string of the molecule is O=C(c1ccccc1Cl)N(CCCN1CCOCC1)c1nc2ccc(Cl)cc2s1. The van der Waals surface area contributed by atoms with E-state index in [4.69, 9.17) is 27.9 Å². The number of rotatable bonds is 6. The Morgan fingerprint density at radius 3 is 2.76 bits per heavy atom. The van der Waals surface area contributed by atoms with Gasteiger partial charge >= 0.3 is 0 Å². The van der Waals surface area contributed by atoms with Crippen molar-refractivity contribution >= 4 is 55.8 Å². The van der Waals surface area contributed by atoms with Crippen LogP contribution in [0.2, 0.25) is 10.0 Å². The van der Waals surface area contributed by atoms with Crippen LogP contribution in [0.5, 0.6) is 0 Å². The minimum Gasteiger partial charge on any atom is -0.379 e. The summed E-state index contributed by atoms with van der Waals surface area (Å²) in [5.41, 5.74) is 1.32. The summed E-state index contributed by atoms with van der Waals surface area (Å²) >= 11 is 13.9. The van der Waals surface area contributed by atoms with Gasteiger partial charge in [-0.1, -0.05) is 46.7 Å². The predicted molar refractivity (Wildman–Crippen MR) is 120 cm³/mol. The molecular formula is C21H21Cl2N3O2S. The molecule has 152 valence electrons. The average molecular weight is 450 g/mol. The minimum absolute atomic E-state index is 0.136. The number of carbonyl (C=O) groups excluding carboxylic acids is 1. The van der Waals surface area contributed by atoms with Gasteiger partial charge in [0.2, 0.25) is 0 Å². The molecule has 8 heteroatoms. The Balaban J connectivity index is 1.58. The standard InChI is InChI=1S/C21H21Cl2N3O2S/c22-15-6-7-18-19(14-15)29-21(24-18)26(9-3-8-25-10-12-28-13-11-25)20(27)16-4-1-2-5-17(16)23/h1-2,4-7,14H,3,8-13H2. The summed E-state index contributed by atoms with van der Waals surface area (Å²) < 4.78 is 6.37. The maximum atomic E-state index is 13.3. The fourth-order valence-corrected chi connectivity index (χ4v) is 4.83. The van der Waals surface area contributed by atoms with Crippen LogP contribution >= 0.6 is 34.5 Å². The summed E-state index contributed by atoms with van der Waals surface area (Å²) in [5, 5.41) is 1.76. The molecule has 0 spiro atoms. The molecule has 1 amide bonds. The second kappa shape index (κ2) is 9.41. The van der Waals surface area contributed by atoms with E-state index in [2.05, 4.69) is 9.88 Å². The Kier molecular flexibility index (Phi) is 6.67. The smallest absolute Gasteiger partial charge is 0.261 e. The Morgan fingerprint density at radius 1 is 1.17 bits per heavy atom. The lowest BCUT2D eigenvalue weighted by molar-refractivity contribution is 0.0376. The van der Waals surface area contributed by atoms with E-state index in [0.717, 1.165) is 49.5 Å². The molecule has 1 fully saturated rings. The molecule has 2 heterocycles. The molecule has 0 aliphatic carbocycles. The molecule has 0 bridgehead atoms. The first-order valence-electron chi connectivity index (χ1n) is 9.54. The number of benzene rings is 2. The first-order chi connectivity index (χ1) is 14.1. The number of anilines is 1. The second-order valence-electron chi connectivity index (χ2n) is 6.85. The van der Waals surface area contributed by atoms with Gasteiger partial charge in [0.1, 0.15) is 0 Å². The van der Waals surface area contributed by atoms with Crippen LogP contribution < -0.4 is 4.90 Å². The van der Waals surface area contributed by atoms with Crippen LogP contribution in [0.3, 0.4) is 0 Å². The summed E-state index contributed by atoms with van der Waals surface area (Å²) in [5.74, 6) is -0.136. The third-order valence-corrected chi connectivity index (χ3v) is 6.49. The van der Waals surface area contributed by atoms with Crippen molar-refractivity contribution in [2.45, 2.75) is 6.42 Å². The van der Waals surface area contributed by atoms with Crippen LogP contribution in [0, 0.1) is 0 Å². The number of ether oxygens (including phenoxy) is 1. The number of carbonyl (C=O) groups is 1. The van der Waals surface area contributed by atoms with Crippen molar-refractivity contribution in [3.63, 3.8) is 0 Å². The van der Waals surface area contributed by atoms with Gasteiger partial charge in [0, 0.05) is 31.2 Å². The first kappa shape index (κ1) is 20.6. The third kappa shape index (κ3) is 4.90. The normalized spacial score (nSPS) is 15.0. The highest BCUT2D eigenvalue weighted by Crippen LogP contribution is 2.32. The molecule has 5 nitrogen and oxygen atoms in total. The lowest BCUT2D eigenvalue weighted by Crippen LogP contribution is -2.39. The molecule has 0 N–H and O–H groups in total. The lowest BCUT2D eigenvalue weighted by atomic mass is 10.2. The summed E-state index contributed by atoms with van der Waals surface area (Å²) in [4.78, 5) is 22.1. The van der Waals surface area contributed by atoms with Crippen molar-refractivity contribution in [3.05, 3.63) is 58.1 Å². The highest BCUT2D eigenvalue weighted by molar-refractivity contribution is 7.22. The van der Waals surface area contributed by atoms with Gasteiger partial charge in [0.25, 0.3) is 5.91 Å². The Hall–Kier alpha value is -1.70. The molecule has 0 radical (unpaired) electrons. The number of amides is 1. The van der Waals surface area contributed by atoms with Gasteiger partial charge in [0.05, 0.1) is 34.0 Å². The van der Waals surface area contributed by atoms with E-state index in [9.17, 15) is 4.79 Å². The van der Waals surface area contributed by atoms with E-state index in [0.29, 0.717) is 27.3 Å². The van der Waals surface area contributed by atoms with Gasteiger partial charge < -0.3 is 4.74 Å². The largest absolute Gasteiger partial charge is 0.379 e. The van der Waals surface area contributed by atoms with E-state index in [-0.39, 0.29) is 5.91 Å². The van der Waals surface area contributed by atoms with E-state index in [1.807, 2.05) is 30.3 Å². The summed E-state index contributed by atoms with van der Waals surface area (Å²) in [6.07, 6.45) is 0.840. The van der Waals surface area contributed by atoms with Crippen molar-refractivity contribution < 1.29 is 9.53 Å². The van der Waals surface area contributed by atoms with Crippen molar-refractivity contribution in [2.75, 3.05) is 44.3 Å². The number of nitrogens with zero attached hydrogens (tertiary/aromatic N) is 3. The zero-order chi connectivity index (χ0) is 20.2. The van der Waals surface area contributed by atoms with Crippen molar-refractivity contribution in [1.82, 2.24) is 9.88 Å². The molecule has 1 aliphatic rings. The van der Waals surface area contributed by atoms with Gasteiger partial charge in [-0.15, -0.1) is 0 Å². The highest BCUT2D eigenvalue weighted by atomic mass is 35.5. The monoisotopic (exact) mass is 449 g/mol.